The molecule has 0 radical (unpaired) electrons. The molecule has 0 aliphatic rings. The number of halogens is 1. The first-order valence-electron chi connectivity index (χ1n) is 8.59. The Morgan fingerprint density at radius 3 is 2.32 bits per heavy atom. The summed E-state index contributed by atoms with van der Waals surface area (Å²) in [5.74, 6) is 0. The van der Waals surface area contributed by atoms with Crippen LogP contribution in [0.1, 0.15) is 46.0 Å². The highest BCUT2D eigenvalue weighted by atomic mass is 35.5. The molecule has 0 aliphatic carbocycles. The lowest BCUT2D eigenvalue weighted by Crippen LogP contribution is -2.28. The predicted molar refractivity (Wildman–Crippen MR) is 95.6 cm³/mol. The van der Waals surface area contributed by atoms with E-state index in [2.05, 4.69) is 34.6 Å². The summed E-state index contributed by atoms with van der Waals surface area (Å²) >= 11 is 6.21. The van der Waals surface area contributed by atoms with Crippen molar-refractivity contribution < 1.29 is 0 Å². The molecule has 0 spiro atoms. The molecule has 0 fully saturated rings. The summed E-state index contributed by atoms with van der Waals surface area (Å²) in [5, 5.41) is 6.14. The number of nitrogens with zero attached hydrogens (tertiary/aromatic N) is 3. The van der Waals surface area contributed by atoms with Crippen molar-refractivity contribution >= 4 is 22.5 Å². The maximum absolute atomic E-state index is 6.21. The minimum Gasteiger partial charge on any atom is -0.303 e. The first-order valence-corrected chi connectivity index (χ1v) is 8.97. The van der Waals surface area contributed by atoms with E-state index in [9.17, 15) is 0 Å². The van der Waals surface area contributed by atoms with Crippen molar-refractivity contribution in [3.8, 4) is 0 Å². The molecule has 22 heavy (non-hydrogen) atoms. The van der Waals surface area contributed by atoms with Crippen LogP contribution < -0.4 is 0 Å². The van der Waals surface area contributed by atoms with Crippen LogP contribution in [-0.2, 0) is 6.54 Å². The smallest absolute Gasteiger partial charge is 0.158 e. The molecule has 2 rings (SSSR count). The van der Waals surface area contributed by atoms with Crippen LogP contribution in [0.15, 0.2) is 24.3 Å². The number of benzene rings is 1. The Morgan fingerprint density at radius 2 is 1.64 bits per heavy atom. The van der Waals surface area contributed by atoms with Gasteiger partial charge in [-0.25, -0.2) is 0 Å². The van der Waals surface area contributed by atoms with Crippen LogP contribution in [0, 0.1) is 0 Å². The maximum atomic E-state index is 6.21. The fraction of sp³-hybridized carbons (Fsp3) is 0.611. The Morgan fingerprint density at radius 1 is 1.00 bits per heavy atom. The van der Waals surface area contributed by atoms with Crippen LogP contribution in [0.5, 0.6) is 0 Å². The van der Waals surface area contributed by atoms with Gasteiger partial charge in [-0.2, -0.15) is 5.10 Å². The zero-order valence-corrected chi connectivity index (χ0v) is 14.6. The third-order valence-electron chi connectivity index (χ3n) is 4.11. The zero-order chi connectivity index (χ0) is 15.8. The van der Waals surface area contributed by atoms with E-state index in [4.69, 9.17) is 11.6 Å². The van der Waals surface area contributed by atoms with Crippen LogP contribution in [-0.4, -0.2) is 34.3 Å². The molecule has 1 aromatic heterocycles. The lowest BCUT2D eigenvalue weighted by atomic mass is 10.2. The number of para-hydroxylation sites is 1. The van der Waals surface area contributed by atoms with Crippen molar-refractivity contribution in [2.45, 2.75) is 52.5 Å². The van der Waals surface area contributed by atoms with Crippen molar-refractivity contribution in [1.29, 1.82) is 0 Å². The summed E-state index contributed by atoms with van der Waals surface area (Å²) in [4.78, 5) is 2.60. The molecular weight excluding hydrogens is 294 g/mol. The predicted octanol–water partition coefficient (Wildman–Crippen LogP) is 4.98. The van der Waals surface area contributed by atoms with Gasteiger partial charge in [0, 0.05) is 11.9 Å². The highest BCUT2D eigenvalue weighted by Gasteiger charge is 2.09. The third-order valence-corrected chi connectivity index (χ3v) is 4.39. The molecule has 3 nitrogen and oxygen atoms in total. The van der Waals surface area contributed by atoms with Gasteiger partial charge in [-0.15, -0.1) is 0 Å². The second kappa shape index (κ2) is 9.16. The van der Waals surface area contributed by atoms with E-state index in [1.54, 1.807) is 0 Å². The lowest BCUT2D eigenvalue weighted by molar-refractivity contribution is 0.256. The van der Waals surface area contributed by atoms with Gasteiger partial charge < -0.3 is 4.90 Å². The molecule has 0 unspecified atom stereocenters. The number of aromatic nitrogens is 2. The van der Waals surface area contributed by atoms with Gasteiger partial charge in [0.05, 0.1) is 5.52 Å². The van der Waals surface area contributed by atoms with E-state index in [1.165, 1.54) is 38.8 Å². The van der Waals surface area contributed by atoms with Crippen molar-refractivity contribution in [2.75, 3.05) is 19.6 Å². The van der Waals surface area contributed by atoms with Crippen molar-refractivity contribution in [2.24, 2.45) is 0 Å². The highest BCUT2D eigenvalue weighted by Crippen LogP contribution is 2.22. The SMILES string of the molecule is CCCCN(CCCC)CCCn1nc(Cl)c2ccccc21. The average molecular weight is 322 g/mol. The molecule has 1 heterocycles. The fourth-order valence-electron chi connectivity index (χ4n) is 2.80. The van der Waals surface area contributed by atoms with E-state index >= 15 is 0 Å². The van der Waals surface area contributed by atoms with E-state index < -0.39 is 0 Å². The minimum atomic E-state index is 0.615. The lowest BCUT2D eigenvalue weighted by Gasteiger charge is -2.21. The largest absolute Gasteiger partial charge is 0.303 e. The van der Waals surface area contributed by atoms with Crippen molar-refractivity contribution in [3.05, 3.63) is 29.4 Å². The molecule has 0 atom stereocenters. The first kappa shape index (κ1) is 17.3. The Balaban J connectivity index is 1.90. The molecule has 122 valence electrons. The number of unbranched alkanes of at least 4 members (excludes halogenated alkanes) is 2. The summed E-state index contributed by atoms with van der Waals surface area (Å²) in [6, 6.07) is 8.19. The van der Waals surface area contributed by atoms with Gasteiger partial charge in [0.1, 0.15) is 0 Å². The topological polar surface area (TPSA) is 21.1 Å². The number of fused-ring (bicyclic) bond motifs is 1. The molecule has 0 bridgehead atoms. The van der Waals surface area contributed by atoms with Crippen LogP contribution in [0.3, 0.4) is 0 Å². The zero-order valence-electron chi connectivity index (χ0n) is 13.9. The Labute approximate surface area is 139 Å². The van der Waals surface area contributed by atoms with E-state index in [1.807, 2.05) is 18.2 Å². The second-order valence-electron chi connectivity index (χ2n) is 5.93. The number of rotatable bonds is 10. The second-order valence-corrected chi connectivity index (χ2v) is 6.29. The molecule has 0 aliphatic heterocycles. The summed E-state index contributed by atoms with van der Waals surface area (Å²) in [7, 11) is 0. The van der Waals surface area contributed by atoms with Gasteiger partial charge in [-0.05, 0) is 51.0 Å². The Kier molecular flexibility index (Phi) is 7.20. The monoisotopic (exact) mass is 321 g/mol. The Bertz CT molecular complexity index is 556. The van der Waals surface area contributed by atoms with Gasteiger partial charge in [-0.3, -0.25) is 4.68 Å². The van der Waals surface area contributed by atoms with Crippen LogP contribution >= 0.6 is 11.6 Å². The summed E-state index contributed by atoms with van der Waals surface area (Å²) in [6.07, 6.45) is 6.24. The molecule has 0 saturated carbocycles. The van der Waals surface area contributed by atoms with Gasteiger partial charge in [0.15, 0.2) is 5.15 Å². The van der Waals surface area contributed by atoms with E-state index in [0.717, 1.165) is 30.4 Å². The third kappa shape index (κ3) is 4.72. The van der Waals surface area contributed by atoms with Crippen molar-refractivity contribution in [3.63, 3.8) is 0 Å². The van der Waals surface area contributed by atoms with Crippen LogP contribution in [0.4, 0.5) is 0 Å². The van der Waals surface area contributed by atoms with E-state index in [-0.39, 0.29) is 0 Å². The normalized spacial score (nSPS) is 11.6. The quantitative estimate of drug-likeness (QED) is 0.615. The van der Waals surface area contributed by atoms with Crippen LogP contribution in [0.25, 0.3) is 10.9 Å². The minimum absolute atomic E-state index is 0.615. The highest BCUT2D eigenvalue weighted by molar-refractivity contribution is 6.34. The van der Waals surface area contributed by atoms with Crippen molar-refractivity contribution in [1.82, 2.24) is 14.7 Å². The summed E-state index contributed by atoms with van der Waals surface area (Å²) in [6.45, 7) is 9.04. The molecule has 0 N–H and O–H groups in total. The van der Waals surface area contributed by atoms with Gasteiger partial charge >= 0.3 is 0 Å². The Hall–Kier alpha value is -1.06. The van der Waals surface area contributed by atoms with Gasteiger partial charge in [0.2, 0.25) is 0 Å². The molecule has 0 saturated heterocycles. The van der Waals surface area contributed by atoms with Crippen LogP contribution in [0.2, 0.25) is 5.15 Å². The molecule has 0 amide bonds. The number of hydrogen-bond acceptors (Lipinski definition) is 2. The molecule has 4 heteroatoms. The molecule has 2 aromatic rings. The van der Waals surface area contributed by atoms with Gasteiger partial charge in [0.25, 0.3) is 0 Å². The summed E-state index contributed by atoms with van der Waals surface area (Å²) < 4.78 is 2.05. The first-order chi connectivity index (χ1) is 10.8. The summed E-state index contributed by atoms with van der Waals surface area (Å²) in [5.41, 5.74) is 1.14. The maximum Gasteiger partial charge on any atom is 0.158 e. The van der Waals surface area contributed by atoms with Gasteiger partial charge in [-0.1, -0.05) is 50.4 Å². The fourth-order valence-corrected chi connectivity index (χ4v) is 3.05. The number of aryl methyl sites for hydroxylation is 1. The molecular formula is C18H28ClN3. The average Bonchev–Trinajstić information content (AvgIpc) is 2.86. The van der Waals surface area contributed by atoms with E-state index in [0.29, 0.717) is 5.15 Å². The standard InChI is InChI=1S/C18H28ClN3/c1-3-5-12-21(13-6-4-2)14-9-15-22-17-11-8-7-10-16(17)18(19)20-22/h7-8,10-11H,3-6,9,12-15H2,1-2H3. The number of hydrogen-bond donors (Lipinski definition) is 0. The molecule has 1 aromatic carbocycles.